The third-order valence-electron chi connectivity index (χ3n) is 2.93. The van der Waals surface area contributed by atoms with Gasteiger partial charge in [0.15, 0.2) is 0 Å². The van der Waals surface area contributed by atoms with Gasteiger partial charge >= 0.3 is 0 Å². The number of rotatable bonds is 4. The molecule has 0 saturated carbocycles. The first-order valence-electron chi connectivity index (χ1n) is 5.96. The fraction of sp³-hybridized carbons (Fsp3) is 0.143. The lowest BCUT2D eigenvalue weighted by Gasteiger charge is -2.17. The van der Waals surface area contributed by atoms with Crippen molar-refractivity contribution >= 4 is 26.0 Å². The predicted molar refractivity (Wildman–Crippen MR) is 79.2 cm³/mol. The molecule has 3 nitrogen and oxygen atoms in total. The predicted octanol–water partition coefficient (Wildman–Crippen LogP) is 3.55. The highest BCUT2D eigenvalue weighted by atomic mass is 79.9. The van der Waals surface area contributed by atoms with Gasteiger partial charge in [-0.25, -0.2) is 17.2 Å². The van der Waals surface area contributed by atoms with E-state index in [0.717, 1.165) is 20.9 Å². The van der Waals surface area contributed by atoms with Crippen LogP contribution in [-0.2, 0) is 16.6 Å². The van der Waals surface area contributed by atoms with Crippen LogP contribution in [0.5, 0.6) is 0 Å². The summed E-state index contributed by atoms with van der Waals surface area (Å²) >= 11 is 3.23. The normalized spacial score (nSPS) is 11.9. The topological polar surface area (TPSA) is 37.4 Å². The Kier molecular flexibility index (Phi) is 4.75. The lowest BCUT2D eigenvalue weighted by atomic mass is 10.2. The van der Waals surface area contributed by atoms with Gasteiger partial charge in [-0.1, -0.05) is 22.0 Å². The highest BCUT2D eigenvalue weighted by Crippen LogP contribution is 2.20. The van der Waals surface area contributed by atoms with Crippen LogP contribution in [0.15, 0.2) is 51.8 Å². The first kappa shape index (κ1) is 16.1. The average molecular weight is 376 g/mol. The van der Waals surface area contributed by atoms with Crippen molar-refractivity contribution in [1.29, 1.82) is 0 Å². The molecule has 0 aliphatic carbocycles. The highest BCUT2D eigenvalue weighted by Gasteiger charge is 2.21. The van der Waals surface area contributed by atoms with Gasteiger partial charge in [0.25, 0.3) is 0 Å². The minimum absolute atomic E-state index is 0.107. The van der Waals surface area contributed by atoms with Gasteiger partial charge < -0.3 is 0 Å². The summed E-state index contributed by atoms with van der Waals surface area (Å²) in [7, 11) is -2.38. The summed E-state index contributed by atoms with van der Waals surface area (Å²) in [4.78, 5) is 0.107. The molecule has 2 aromatic carbocycles. The van der Waals surface area contributed by atoms with E-state index in [1.54, 1.807) is 12.1 Å². The molecular formula is C14H12BrF2NO2S. The highest BCUT2D eigenvalue weighted by molar-refractivity contribution is 9.10. The molecule has 21 heavy (non-hydrogen) atoms. The SMILES string of the molecule is CN(Cc1ccc(F)cc1F)S(=O)(=O)c1ccc(Br)cc1. The lowest BCUT2D eigenvalue weighted by Crippen LogP contribution is -2.26. The Morgan fingerprint density at radius 1 is 1.10 bits per heavy atom. The van der Waals surface area contributed by atoms with Gasteiger partial charge in [0.05, 0.1) is 4.90 Å². The number of benzene rings is 2. The number of sulfonamides is 1. The molecule has 0 heterocycles. The van der Waals surface area contributed by atoms with Crippen LogP contribution in [0.1, 0.15) is 5.56 Å². The summed E-state index contributed by atoms with van der Waals surface area (Å²) in [6, 6.07) is 9.19. The van der Waals surface area contributed by atoms with Gasteiger partial charge in [0.2, 0.25) is 10.0 Å². The molecule has 0 aliphatic heterocycles. The molecule has 0 amide bonds. The van der Waals surface area contributed by atoms with Gasteiger partial charge in [0, 0.05) is 29.7 Å². The van der Waals surface area contributed by atoms with E-state index in [1.165, 1.54) is 25.2 Å². The molecule has 112 valence electrons. The molecule has 0 aromatic heterocycles. The van der Waals surface area contributed by atoms with Gasteiger partial charge in [-0.15, -0.1) is 0 Å². The second-order valence-corrected chi connectivity index (χ2v) is 7.41. The van der Waals surface area contributed by atoms with E-state index >= 15 is 0 Å². The summed E-state index contributed by atoms with van der Waals surface area (Å²) in [6.07, 6.45) is 0. The molecule has 0 fully saturated rings. The van der Waals surface area contributed by atoms with E-state index in [2.05, 4.69) is 15.9 Å². The monoisotopic (exact) mass is 375 g/mol. The molecule has 0 radical (unpaired) electrons. The summed E-state index contributed by atoms with van der Waals surface area (Å²) in [5.41, 5.74) is 0.111. The van der Waals surface area contributed by atoms with Crippen molar-refractivity contribution < 1.29 is 17.2 Å². The Morgan fingerprint density at radius 3 is 2.29 bits per heavy atom. The summed E-state index contributed by atoms with van der Waals surface area (Å²) < 4.78 is 52.9. The molecule has 2 aromatic rings. The minimum Gasteiger partial charge on any atom is -0.207 e. The van der Waals surface area contributed by atoms with Gasteiger partial charge in [-0.05, 0) is 30.3 Å². The van der Waals surface area contributed by atoms with Gasteiger partial charge in [-0.3, -0.25) is 0 Å². The zero-order valence-corrected chi connectivity index (χ0v) is 13.5. The van der Waals surface area contributed by atoms with Crippen molar-refractivity contribution in [3.63, 3.8) is 0 Å². The Balaban J connectivity index is 2.26. The van der Waals surface area contributed by atoms with Crippen LogP contribution in [0.2, 0.25) is 0 Å². The largest absolute Gasteiger partial charge is 0.243 e. The van der Waals surface area contributed by atoms with Crippen molar-refractivity contribution in [3.05, 3.63) is 64.1 Å². The van der Waals surface area contributed by atoms with E-state index in [0.29, 0.717) is 0 Å². The van der Waals surface area contributed by atoms with Crippen LogP contribution in [0.25, 0.3) is 0 Å². The average Bonchev–Trinajstić information content (AvgIpc) is 2.42. The van der Waals surface area contributed by atoms with Crippen molar-refractivity contribution in [2.24, 2.45) is 0 Å². The van der Waals surface area contributed by atoms with E-state index in [9.17, 15) is 17.2 Å². The Labute approximate surface area is 130 Å². The third-order valence-corrected chi connectivity index (χ3v) is 5.28. The maximum atomic E-state index is 13.6. The standard InChI is InChI=1S/C14H12BrF2NO2S/c1-18(9-10-2-5-12(16)8-14(10)17)21(19,20)13-6-3-11(15)4-7-13/h2-8H,9H2,1H3. The quantitative estimate of drug-likeness (QED) is 0.819. The van der Waals surface area contributed by atoms with E-state index in [1.807, 2.05) is 0 Å². The fourth-order valence-electron chi connectivity index (χ4n) is 1.76. The smallest absolute Gasteiger partial charge is 0.207 e. The third kappa shape index (κ3) is 3.66. The minimum atomic E-state index is -3.73. The number of nitrogens with zero attached hydrogens (tertiary/aromatic N) is 1. The first-order valence-corrected chi connectivity index (χ1v) is 8.20. The van der Waals surface area contributed by atoms with Crippen molar-refractivity contribution in [2.45, 2.75) is 11.4 Å². The number of hydrogen-bond acceptors (Lipinski definition) is 2. The molecule has 0 unspecified atom stereocenters. The Bertz CT molecular complexity index is 748. The molecule has 0 N–H and O–H groups in total. The van der Waals surface area contributed by atoms with Crippen molar-refractivity contribution in [1.82, 2.24) is 4.31 Å². The van der Waals surface area contributed by atoms with E-state index in [4.69, 9.17) is 0 Å². The maximum Gasteiger partial charge on any atom is 0.243 e. The zero-order chi connectivity index (χ0) is 15.6. The van der Waals surface area contributed by atoms with Crippen molar-refractivity contribution in [2.75, 3.05) is 7.05 Å². The molecule has 0 bridgehead atoms. The molecule has 2 rings (SSSR count). The maximum absolute atomic E-state index is 13.6. The molecule has 0 aliphatic rings. The molecular weight excluding hydrogens is 364 g/mol. The molecule has 0 spiro atoms. The van der Waals surface area contributed by atoms with Crippen LogP contribution in [-0.4, -0.2) is 19.8 Å². The number of halogens is 3. The van der Waals surface area contributed by atoms with Gasteiger partial charge in [-0.2, -0.15) is 4.31 Å². The van der Waals surface area contributed by atoms with Crippen LogP contribution in [0.4, 0.5) is 8.78 Å². The Morgan fingerprint density at radius 2 is 1.71 bits per heavy atom. The van der Waals surface area contributed by atoms with Crippen LogP contribution >= 0.6 is 15.9 Å². The van der Waals surface area contributed by atoms with Crippen LogP contribution in [0.3, 0.4) is 0 Å². The fourth-order valence-corrected chi connectivity index (χ4v) is 3.17. The first-order chi connectivity index (χ1) is 9.80. The number of hydrogen-bond donors (Lipinski definition) is 0. The van der Waals surface area contributed by atoms with E-state index < -0.39 is 21.7 Å². The second kappa shape index (κ2) is 6.21. The van der Waals surface area contributed by atoms with E-state index in [-0.39, 0.29) is 17.0 Å². The summed E-state index contributed by atoms with van der Waals surface area (Å²) in [5, 5.41) is 0. The summed E-state index contributed by atoms with van der Waals surface area (Å²) in [5.74, 6) is -1.47. The van der Waals surface area contributed by atoms with Gasteiger partial charge in [0.1, 0.15) is 11.6 Å². The van der Waals surface area contributed by atoms with Crippen molar-refractivity contribution in [3.8, 4) is 0 Å². The van der Waals surface area contributed by atoms with Crippen LogP contribution < -0.4 is 0 Å². The van der Waals surface area contributed by atoms with Crippen LogP contribution in [0, 0.1) is 11.6 Å². The molecule has 7 heteroatoms. The lowest BCUT2D eigenvalue weighted by molar-refractivity contribution is 0.454. The second-order valence-electron chi connectivity index (χ2n) is 4.45. The summed E-state index contributed by atoms with van der Waals surface area (Å²) in [6.45, 7) is -0.176. The zero-order valence-electron chi connectivity index (χ0n) is 11.1. The molecule has 0 saturated heterocycles. The Hall–Kier alpha value is -1.31. The molecule has 0 atom stereocenters.